The second-order valence-electron chi connectivity index (χ2n) is 4.43. The average molecular weight is 323 g/mol. The Morgan fingerprint density at radius 3 is 2.67 bits per heavy atom. The summed E-state index contributed by atoms with van der Waals surface area (Å²) in [4.78, 5) is 4.18. The molecule has 0 saturated heterocycles. The zero-order chi connectivity index (χ0) is 14.9. The number of aromatic nitrogens is 1. The van der Waals surface area contributed by atoms with Crippen molar-refractivity contribution in [2.24, 2.45) is 0 Å². The number of sulfonamides is 1. The van der Waals surface area contributed by atoms with E-state index in [4.69, 9.17) is 16.0 Å². The van der Waals surface area contributed by atoms with E-state index in [2.05, 4.69) is 9.71 Å². The van der Waals surface area contributed by atoms with Gasteiger partial charge in [0.05, 0.1) is 4.90 Å². The highest BCUT2D eigenvalue weighted by Crippen LogP contribution is 2.16. The van der Waals surface area contributed by atoms with Gasteiger partial charge >= 0.3 is 0 Å². The smallest absolute Gasteiger partial charge is 0.240 e. The third-order valence-corrected chi connectivity index (χ3v) is 4.66. The first-order valence-electron chi connectivity index (χ1n) is 6.12. The Hall–Kier alpha value is -1.89. The van der Waals surface area contributed by atoms with Gasteiger partial charge in [0.1, 0.15) is 5.52 Å². The van der Waals surface area contributed by atoms with Gasteiger partial charge in [0, 0.05) is 11.6 Å². The molecule has 0 fully saturated rings. The Bertz CT molecular complexity index is 873. The summed E-state index contributed by atoms with van der Waals surface area (Å²) in [5.41, 5.74) is 2.15. The number of hydrogen-bond donors (Lipinski definition) is 1. The summed E-state index contributed by atoms with van der Waals surface area (Å²) in [6.07, 6.45) is 1.35. The van der Waals surface area contributed by atoms with Gasteiger partial charge in [-0.25, -0.2) is 18.1 Å². The molecule has 5 nitrogen and oxygen atoms in total. The Balaban J connectivity index is 1.78. The van der Waals surface area contributed by atoms with Crippen LogP contribution in [0.25, 0.3) is 11.1 Å². The highest BCUT2D eigenvalue weighted by Gasteiger charge is 2.13. The third kappa shape index (κ3) is 3.07. The van der Waals surface area contributed by atoms with Crippen LogP contribution >= 0.6 is 11.6 Å². The molecule has 2 aromatic carbocycles. The SMILES string of the molecule is O=S(=O)(NCc1ccc2ncoc2c1)c1ccc(Cl)cc1. The summed E-state index contributed by atoms with van der Waals surface area (Å²) in [6, 6.07) is 11.3. The summed E-state index contributed by atoms with van der Waals surface area (Å²) >= 11 is 5.75. The number of oxazole rings is 1. The van der Waals surface area contributed by atoms with Gasteiger partial charge < -0.3 is 4.42 Å². The van der Waals surface area contributed by atoms with Crippen molar-refractivity contribution in [3.05, 3.63) is 59.4 Å². The van der Waals surface area contributed by atoms with Crippen molar-refractivity contribution in [2.75, 3.05) is 0 Å². The van der Waals surface area contributed by atoms with Gasteiger partial charge in [-0.15, -0.1) is 0 Å². The summed E-state index contributed by atoms with van der Waals surface area (Å²) in [5.74, 6) is 0. The minimum absolute atomic E-state index is 0.168. The molecule has 0 aliphatic rings. The molecular formula is C14H11ClN2O3S. The summed E-state index contributed by atoms with van der Waals surface area (Å²) < 4.78 is 32.0. The van der Waals surface area contributed by atoms with Crippen LogP contribution < -0.4 is 4.72 Å². The van der Waals surface area contributed by atoms with Gasteiger partial charge in [-0.2, -0.15) is 0 Å². The molecule has 1 aromatic heterocycles. The van der Waals surface area contributed by atoms with Crippen molar-refractivity contribution in [1.82, 2.24) is 9.71 Å². The molecule has 0 amide bonds. The maximum Gasteiger partial charge on any atom is 0.240 e. The van der Waals surface area contributed by atoms with Crippen molar-refractivity contribution in [1.29, 1.82) is 0 Å². The molecule has 0 aliphatic heterocycles. The van der Waals surface area contributed by atoms with Gasteiger partial charge in [-0.1, -0.05) is 17.7 Å². The van der Waals surface area contributed by atoms with Gasteiger partial charge in [-0.05, 0) is 42.0 Å². The highest BCUT2D eigenvalue weighted by atomic mass is 35.5. The highest BCUT2D eigenvalue weighted by molar-refractivity contribution is 7.89. The van der Waals surface area contributed by atoms with Crippen LogP contribution in [0.3, 0.4) is 0 Å². The van der Waals surface area contributed by atoms with Gasteiger partial charge in [-0.3, -0.25) is 0 Å². The molecule has 3 aromatic rings. The lowest BCUT2D eigenvalue weighted by Crippen LogP contribution is -2.23. The van der Waals surface area contributed by atoms with Crippen molar-refractivity contribution in [2.45, 2.75) is 11.4 Å². The van der Waals surface area contributed by atoms with Crippen molar-refractivity contribution in [3.8, 4) is 0 Å². The number of nitrogens with one attached hydrogen (secondary N) is 1. The first-order chi connectivity index (χ1) is 10.0. The van der Waals surface area contributed by atoms with Crippen LogP contribution in [0.4, 0.5) is 0 Å². The number of fused-ring (bicyclic) bond motifs is 1. The normalized spacial score (nSPS) is 11.9. The molecule has 108 valence electrons. The fourth-order valence-electron chi connectivity index (χ4n) is 1.88. The van der Waals surface area contributed by atoms with Crippen LogP contribution in [0, 0.1) is 0 Å². The van der Waals surface area contributed by atoms with E-state index in [9.17, 15) is 8.42 Å². The standard InChI is InChI=1S/C14H11ClN2O3S/c15-11-2-4-12(5-3-11)21(18,19)17-8-10-1-6-13-14(7-10)20-9-16-13/h1-7,9,17H,8H2. The first-order valence-corrected chi connectivity index (χ1v) is 7.98. The van der Waals surface area contributed by atoms with Gasteiger partial charge in [0.15, 0.2) is 12.0 Å². The summed E-state index contributed by atoms with van der Waals surface area (Å²) in [5, 5.41) is 0.490. The quantitative estimate of drug-likeness (QED) is 0.801. The predicted octanol–water partition coefficient (Wildman–Crippen LogP) is 2.96. The lowest BCUT2D eigenvalue weighted by molar-refractivity contribution is 0.580. The molecule has 1 heterocycles. The van der Waals surface area contributed by atoms with E-state index in [0.29, 0.717) is 10.6 Å². The molecule has 0 radical (unpaired) electrons. The van der Waals surface area contributed by atoms with Crippen LogP contribution in [-0.2, 0) is 16.6 Å². The van der Waals surface area contributed by atoms with Crippen LogP contribution in [0.15, 0.2) is 58.2 Å². The van der Waals surface area contributed by atoms with Crippen LogP contribution in [0.1, 0.15) is 5.56 Å². The molecule has 21 heavy (non-hydrogen) atoms. The first kappa shape index (κ1) is 14.1. The lowest BCUT2D eigenvalue weighted by Gasteiger charge is -2.07. The molecule has 0 spiro atoms. The Morgan fingerprint density at radius 1 is 1.14 bits per heavy atom. The van der Waals surface area contributed by atoms with Crippen molar-refractivity contribution in [3.63, 3.8) is 0 Å². The largest absolute Gasteiger partial charge is 0.443 e. The van der Waals surface area contributed by atoms with E-state index in [1.807, 2.05) is 0 Å². The average Bonchev–Trinajstić information content (AvgIpc) is 2.93. The predicted molar refractivity (Wildman–Crippen MR) is 79.5 cm³/mol. The maximum absolute atomic E-state index is 12.1. The Kier molecular flexibility index (Phi) is 3.67. The summed E-state index contributed by atoms with van der Waals surface area (Å²) in [7, 11) is -3.57. The Morgan fingerprint density at radius 2 is 1.90 bits per heavy atom. The van der Waals surface area contributed by atoms with E-state index in [1.54, 1.807) is 18.2 Å². The fraction of sp³-hybridized carbons (Fsp3) is 0.0714. The molecule has 0 atom stereocenters. The van der Waals surface area contributed by atoms with Crippen LogP contribution in [-0.4, -0.2) is 13.4 Å². The van der Waals surface area contributed by atoms with E-state index < -0.39 is 10.0 Å². The topological polar surface area (TPSA) is 72.2 Å². The van der Waals surface area contributed by atoms with E-state index in [1.165, 1.54) is 30.7 Å². The monoisotopic (exact) mass is 322 g/mol. The zero-order valence-electron chi connectivity index (χ0n) is 10.8. The third-order valence-electron chi connectivity index (χ3n) is 2.99. The van der Waals surface area contributed by atoms with E-state index in [0.717, 1.165) is 11.1 Å². The number of nitrogens with zero attached hydrogens (tertiary/aromatic N) is 1. The molecule has 0 unspecified atom stereocenters. The molecular weight excluding hydrogens is 312 g/mol. The number of rotatable bonds is 4. The van der Waals surface area contributed by atoms with Crippen LogP contribution in [0.5, 0.6) is 0 Å². The Labute approximate surface area is 126 Å². The fourth-order valence-corrected chi connectivity index (χ4v) is 3.03. The lowest BCUT2D eigenvalue weighted by atomic mass is 10.2. The van der Waals surface area contributed by atoms with Crippen molar-refractivity contribution < 1.29 is 12.8 Å². The molecule has 1 N–H and O–H groups in total. The zero-order valence-corrected chi connectivity index (χ0v) is 12.4. The molecule has 7 heteroatoms. The minimum Gasteiger partial charge on any atom is -0.443 e. The van der Waals surface area contributed by atoms with E-state index >= 15 is 0 Å². The second-order valence-corrected chi connectivity index (χ2v) is 6.64. The van der Waals surface area contributed by atoms with Gasteiger partial charge in [0.2, 0.25) is 10.0 Å². The molecule has 0 aliphatic carbocycles. The van der Waals surface area contributed by atoms with Crippen LogP contribution in [0.2, 0.25) is 5.02 Å². The summed E-state index contributed by atoms with van der Waals surface area (Å²) in [6.45, 7) is 0.168. The second kappa shape index (κ2) is 5.48. The number of benzene rings is 2. The minimum atomic E-state index is -3.57. The van der Waals surface area contributed by atoms with E-state index in [-0.39, 0.29) is 11.4 Å². The number of hydrogen-bond acceptors (Lipinski definition) is 4. The van der Waals surface area contributed by atoms with Crippen molar-refractivity contribution >= 4 is 32.7 Å². The molecule has 3 rings (SSSR count). The molecule has 0 saturated carbocycles. The molecule has 0 bridgehead atoms. The maximum atomic E-state index is 12.1. The number of halogens is 1. The van der Waals surface area contributed by atoms with Gasteiger partial charge in [0.25, 0.3) is 0 Å².